The summed E-state index contributed by atoms with van der Waals surface area (Å²) in [5.74, 6) is 0. The molecule has 1 rings (SSSR count). The van der Waals surface area contributed by atoms with Crippen LogP contribution < -0.4 is 0 Å². The van der Waals surface area contributed by atoms with Crippen LogP contribution in [0.2, 0.25) is 0 Å². The Morgan fingerprint density at radius 1 is 1.42 bits per heavy atom. The largest absolute Gasteiger partial charge is 0.386 e. The van der Waals surface area contributed by atoms with E-state index in [1.807, 2.05) is 31.2 Å². The van der Waals surface area contributed by atoms with Crippen molar-refractivity contribution in [3.05, 3.63) is 42.5 Å². The minimum Gasteiger partial charge on any atom is -0.386 e. The van der Waals surface area contributed by atoms with E-state index in [2.05, 4.69) is 6.58 Å². The fourth-order valence-electron chi connectivity index (χ4n) is 1.57. The van der Waals surface area contributed by atoms with Crippen LogP contribution in [-0.4, -0.2) is 21.0 Å². The molecule has 0 heterocycles. The Morgan fingerprint density at radius 3 is 2.47 bits per heavy atom. The van der Waals surface area contributed by atoms with E-state index in [-0.39, 0.29) is 0 Å². The normalized spacial score (nSPS) is 15.0. The lowest BCUT2D eigenvalue weighted by Crippen LogP contribution is -2.36. The van der Waals surface area contributed by atoms with Crippen molar-refractivity contribution >= 4 is 35.0 Å². The molecule has 106 valence electrons. The average Bonchev–Trinajstić information content (AvgIpc) is 2.35. The Bertz CT molecular complexity index is 403. The third-order valence-corrected chi connectivity index (χ3v) is 4.44. The minimum absolute atomic E-state index is 0.430. The number of thioether (sulfide) groups is 1. The van der Waals surface area contributed by atoms with Gasteiger partial charge in [0.05, 0.1) is 0 Å². The number of alkyl halides is 3. The molecule has 0 aliphatic carbocycles. The van der Waals surface area contributed by atoms with Gasteiger partial charge in [-0.3, -0.25) is 0 Å². The number of hydrogen-bond acceptors (Lipinski definition) is 2. The summed E-state index contributed by atoms with van der Waals surface area (Å²) in [4.78, 5) is 0.941. The highest BCUT2D eigenvalue weighted by molar-refractivity contribution is 8.00. The smallest absolute Gasteiger partial charge is 0.284 e. The van der Waals surface area contributed by atoms with Crippen LogP contribution in [0.15, 0.2) is 41.8 Å². The van der Waals surface area contributed by atoms with Gasteiger partial charge in [0, 0.05) is 10.1 Å². The molecule has 0 aliphatic rings. The van der Waals surface area contributed by atoms with Gasteiger partial charge in [0.25, 0.3) is 4.59 Å². The van der Waals surface area contributed by atoms with Crippen molar-refractivity contribution in [3.8, 4) is 0 Å². The highest BCUT2D eigenvalue weighted by Gasteiger charge is 2.39. The first kappa shape index (κ1) is 16.8. The molecule has 0 bridgehead atoms. The molecule has 1 aromatic carbocycles. The molecule has 0 unspecified atom stereocenters. The van der Waals surface area contributed by atoms with Crippen LogP contribution in [0.5, 0.6) is 0 Å². The molecule has 0 amide bonds. The predicted octanol–water partition coefficient (Wildman–Crippen LogP) is 4.88. The molecule has 19 heavy (non-hydrogen) atoms. The molecule has 2 atom stereocenters. The van der Waals surface area contributed by atoms with Crippen LogP contribution in [0.1, 0.15) is 18.4 Å². The number of hydrogen-bond donors (Lipinski definition) is 1. The first-order chi connectivity index (χ1) is 8.84. The number of aliphatic hydroxyl groups is 1. The van der Waals surface area contributed by atoms with Crippen molar-refractivity contribution in [3.63, 3.8) is 0 Å². The third-order valence-electron chi connectivity index (χ3n) is 2.65. The molecule has 1 aromatic rings. The summed E-state index contributed by atoms with van der Waals surface area (Å²) in [6.07, 6.45) is 1.47. The zero-order valence-corrected chi connectivity index (χ0v) is 13.0. The molecule has 0 spiro atoms. The molecule has 1 nitrogen and oxygen atoms in total. The Balaban J connectivity index is 2.79. The Kier molecular flexibility index (Phi) is 6.67. The third kappa shape index (κ3) is 5.74. The van der Waals surface area contributed by atoms with Crippen LogP contribution in [0.4, 0.5) is 4.39 Å². The Labute approximate surface area is 127 Å². The van der Waals surface area contributed by atoms with Crippen LogP contribution in [0.25, 0.3) is 0 Å². The molecule has 0 radical (unpaired) electrons. The molecule has 0 fully saturated rings. The van der Waals surface area contributed by atoms with E-state index in [4.69, 9.17) is 23.2 Å². The first-order valence-electron chi connectivity index (χ1n) is 5.93. The topological polar surface area (TPSA) is 20.2 Å². The van der Waals surface area contributed by atoms with Gasteiger partial charge in [0.1, 0.15) is 6.10 Å². The van der Waals surface area contributed by atoms with Gasteiger partial charge in [-0.1, -0.05) is 47.0 Å². The van der Waals surface area contributed by atoms with E-state index in [1.165, 1.54) is 11.8 Å². The highest BCUT2D eigenvalue weighted by Crippen LogP contribution is 2.37. The molecule has 0 saturated heterocycles. The van der Waals surface area contributed by atoms with Crippen LogP contribution in [0, 0.1) is 6.92 Å². The fourth-order valence-corrected chi connectivity index (χ4v) is 3.23. The summed E-state index contributed by atoms with van der Waals surface area (Å²) >= 11 is 12.1. The maximum Gasteiger partial charge on any atom is 0.284 e. The van der Waals surface area contributed by atoms with Crippen molar-refractivity contribution in [2.75, 3.05) is 0 Å². The monoisotopic (exact) mass is 322 g/mol. The molecule has 0 aromatic heterocycles. The number of halogens is 3. The number of aliphatic hydroxyl groups excluding tert-OH is 1. The molecular weight excluding hydrogens is 306 g/mol. The summed E-state index contributed by atoms with van der Waals surface area (Å²) in [6.45, 7) is 5.61. The van der Waals surface area contributed by atoms with Crippen molar-refractivity contribution in [1.29, 1.82) is 0 Å². The zero-order chi connectivity index (χ0) is 14.5. The highest BCUT2D eigenvalue weighted by atomic mass is 35.5. The minimum atomic E-state index is -2.65. The fraction of sp³-hybridized carbons (Fsp3) is 0.429. The van der Waals surface area contributed by atoms with Crippen LogP contribution in [0.3, 0.4) is 0 Å². The van der Waals surface area contributed by atoms with Gasteiger partial charge < -0.3 is 5.11 Å². The van der Waals surface area contributed by atoms with Gasteiger partial charge in [0.15, 0.2) is 0 Å². The average molecular weight is 323 g/mol. The van der Waals surface area contributed by atoms with Crippen molar-refractivity contribution in [2.24, 2.45) is 0 Å². The Morgan fingerprint density at radius 2 is 2.00 bits per heavy atom. The summed E-state index contributed by atoms with van der Waals surface area (Å²) in [6, 6.07) is 7.78. The Hall–Kier alpha value is -0.220. The van der Waals surface area contributed by atoms with Crippen LogP contribution in [-0.2, 0) is 0 Å². The first-order valence-corrected chi connectivity index (χ1v) is 7.57. The predicted molar refractivity (Wildman–Crippen MR) is 81.8 cm³/mol. The van der Waals surface area contributed by atoms with Crippen molar-refractivity contribution in [1.82, 2.24) is 0 Å². The van der Waals surface area contributed by atoms with Crippen molar-refractivity contribution in [2.45, 2.75) is 40.6 Å². The SMILES string of the molecule is C=CCC[C@H](Sc1ccc(C)cc1)[C@@H](O)C(F)(Cl)Cl. The number of rotatable bonds is 7. The number of allylic oxidation sites excluding steroid dienone is 1. The lowest BCUT2D eigenvalue weighted by atomic mass is 10.1. The van der Waals surface area contributed by atoms with Gasteiger partial charge in [-0.15, -0.1) is 18.3 Å². The second kappa shape index (κ2) is 7.53. The number of benzene rings is 1. The maximum atomic E-state index is 13.5. The quantitative estimate of drug-likeness (QED) is 0.438. The maximum absolute atomic E-state index is 13.5. The van der Waals surface area contributed by atoms with Crippen LogP contribution >= 0.6 is 35.0 Å². The summed E-state index contributed by atoms with van der Waals surface area (Å²) in [5, 5.41) is 9.46. The molecule has 0 aliphatic heterocycles. The zero-order valence-electron chi connectivity index (χ0n) is 10.7. The summed E-state index contributed by atoms with van der Waals surface area (Å²) in [7, 11) is 0. The lowest BCUT2D eigenvalue weighted by molar-refractivity contribution is 0.0933. The lowest BCUT2D eigenvalue weighted by Gasteiger charge is -2.26. The van der Waals surface area contributed by atoms with E-state index in [1.54, 1.807) is 6.08 Å². The van der Waals surface area contributed by atoms with E-state index < -0.39 is 15.9 Å². The van der Waals surface area contributed by atoms with Gasteiger partial charge >= 0.3 is 0 Å². The molecule has 0 saturated carbocycles. The second-order valence-electron chi connectivity index (χ2n) is 4.32. The van der Waals surface area contributed by atoms with E-state index in [0.717, 1.165) is 10.5 Å². The van der Waals surface area contributed by atoms with E-state index >= 15 is 0 Å². The van der Waals surface area contributed by atoms with E-state index in [9.17, 15) is 9.50 Å². The summed E-state index contributed by atoms with van der Waals surface area (Å²) in [5.41, 5.74) is 1.14. The molecule has 1 N–H and O–H groups in total. The number of aryl methyl sites for hydroxylation is 1. The standard InChI is InChI=1S/C14H17Cl2FOS/c1-3-4-5-12(13(18)14(15,16)17)19-11-8-6-10(2)7-9-11/h3,6-9,12-13,18H,1,4-5H2,2H3/t12-,13+/m0/s1. The van der Waals surface area contributed by atoms with E-state index in [0.29, 0.717) is 12.8 Å². The van der Waals surface area contributed by atoms with Gasteiger partial charge in [-0.2, -0.15) is 0 Å². The second-order valence-corrected chi connectivity index (χ2v) is 6.93. The van der Waals surface area contributed by atoms with Gasteiger partial charge in [-0.25, -0.2) is 4.39 Å². The molecule has 5 heteroatoms. The van der Waals surface area contributed by atoms with Gasteiger partial charge in [-0.05, 0) is 31.9 Å². The van der Waals surface area contributed by atoms with Gasteiger partial charge in [0.2, 0.25) is 0 Å². The molecular formula is C14H17Cl2FOS. The van der Waals surface area contributed by atoms with Crippen molar-refractivity contribution < 1.29 is 9.50 Å². The summed E-state index contributed by atoms with van der Waals surface area (Å²) < 4.78 is 10.8.